The Kier molecular flexibility index (Phi) is 4.02. The summed E-state index contributed by atoms with van der Waals surface area (Å²) in [5.74, 6) is -0.469. The first-order chi connectivity index (χ1) is 10.7. The lowest BCUT2D eigenvalue weighted by Gasteiger charge is -2.03. The van der Waals surface area contributed by atoms with Crippen LogP contribution in [0.1, 0.15) is 22.3 Å². The van der Waals surface area contributed by atoms with Gasteiger partial charge in [0.15, 0.2) is 5.69 Å². The molecule has 0 aliphatic heterocycles. The Morgan fingerprint density at radius 3 is 2.77 bits per heavy atom. The highest BCUT2D eigenvalue weighted by molar-refractivity contribution is 7.15. The summed E-state index contributed by atoms with van der Waals surface area (Å²) in [5.41, 5.74) is 2.64. The Morgan fingerprint density at radius 1 is 1.23 bits per heavy atom. The fraction of sp³-hybridized carbons (Fsp3) is 0.188. The number of hydrogen-bond acceptors (Lipinski definition) is 5. The lowest BCUT2D eigenvalue weighted by Crippen LogP contribution is -2.06. The summed E-state index contributed by atoms with van der Waals surface area (Å²) in [5, 5.41) is 10.5. The Labute approximate surface area is 132 Å². The molecule has 0 spiro atoms. The first kappa shape index (κ1) is 14.5. The van der Waals surface area contributed by atoms with Crippen molar-refractivity contribution in [2.75, 3.05) is 6.61 Å². The van der Waals surface area contributed by atoms with E-state index in [-0.39, 0.29) is 5.69 Å². The van der Waals surface area contributed by atoms with Crippen molar-refractivity contribution in [3.8, 4) is 21.7 Å². The molecule has 1 aromatic carbocycles. The number of rotatable bonds is 4. The molecule has 1 N–H and O–H groups in total. The molecule has 2 aromatic heterocycles. The summed E-state index contributed by atoms with van der Waals surface area (Å²) >= 11 is 1.73. The molecule has 0 fully saturated rings. The monoisotopic (exact) mass is 313 g/mol. The molecular formula is C16H15N3O2S. The van der Waals surface area contributed by atoms with Gasteiger partial charge in [-0.25, -0.2) is 4.79 Å². The van der Waals surface area contributed by atoms with E-state index in [1.807, 2.05) is 24.3 Å². The summed E-state index contributed by atoms with van der Waals surface area (Å²) in [6.07, 6.45) is 0. The van der Waals surface area contributed by atoms with Crippen LogP contribution in [0.25, 0.3) is 21.7 Å². The van der Waals surface area contributed by atoms with Crippen LogP contribution in [0.4, 0.5) is 0 Å². The lowest BCUT2D eigenvalue weighted by molar-refractivity contribution is 0.0520. The smallest absolute Gasteiger partial charge is 0.361 e. The third kappa shape index (κ3) is 2.78. The van der Waals surface area contributed by atoms with Gasteiger partial charge in [-0.05, 0) is 37.6 Å². The molecule has 0 radical (unpaired) electrons. The van der Waals surface area contributed by atoms with Crippen LogP contribution in [0.2, 0.25) is 0 Å². The summed E-state index contributed by atoms with van der Waals surface area (Å²) in [6.45, 7) is 4.14. The molecule has 6 heteroatoms. The molecule has 0 aliphatic carbocycles. The summed E-state index contributed by atoms with van der Waals surface area (Å²) in [7, 11) is 0. The van der Waals surface area contributed by atoms with E-state index in [4.69, 9.17) is 4.74 Å². The first-order valence-corrected chi connectivity index (χ1v) is 7.76. The average molecular weight is 313 g/mol. The lowest BCUT2D eigenvalue weighted by atomic mass is 10.1. The van der Waals surface area contributed by atoms with Crippen molar-refractivity contribution in [2.45, 2.75) is 13.8 Å². The van der Waals surface area contributed by atoms with Crippen molar-refractivity contribution >= 4 is 17.3 Å². The van der Waals surface area contributed by atoms with Gasteiger partial charge in [0, 0.05) is 15.3 Å². The van der Waals surface area contributed by atoms with Crippen molar-refractivity contribution in [2.24, 2.45) is 0 Å². The standard InChI is InChI=1S/C16H15N3O2S/c1-3-21-16(20)15-14(17-19-18-15)12-6-4-5-11(9-12)13-8-7-10(2)22-13/h4-9H,3H2,1-2H3,(H,17,18,19). The number of benzene rings is 1. The van der Waals surface area contributed by atoms with Gasteiger partial charge in [-0.2, -0.15) is 10.3 Å². The predicted molar refractivity (Wildman–Crippen MR) is 85.8 cm³/mol. The Bertz CT molecular complexity index is 807. The quantitative estimate of drug-likeness (QED) is 0.746. The van der Waals surface area contributed by atoms with Crippen LogP contribution >= 0.6 is 11.3 Å². The van der Waals surface area contributed by atoms with Crippen molar-refractivity contribution < 1.29 is 9.53 Å². The zero-order valence-corrected chi connectivity index (χ0v) is 13.1. The van der Waals surface area contributed by atoms with Crippen LogP contribution in [0.3, 0.4) is 0 Å². The van der Waals surface area contributed by atoms with Gasteiger partial charge in [-0.3, -0.25) is 0 Å². The number of esters is 1. The second kappa shape index (κ2) is 6.11. The highest BCUT2D eigenvalue weighted by Crippen LogP contribution is 2.31. The van der Waals surface area contributed by atoms with E-state index in [1.54, 1.807) is 18.3 Å². The zero-order valence-electron chi connectivity index (χ0n) is 12.3. The minimum absolute atomic E-state index is 0.210. The van der Waals surface area contributed by atoms with E-state index in [1.165, 1.54) is 9.75 Å². The van der Waals surface area contributed by atoms with Crippen molar-refractivity contribution in [1.29, 1.82) is 0 Å². The summed E-state index contributed by atoms with van der Waals surface area (Å²) in [6, 6.07) is 12.1. The molecule has 0 saturated carbocycles. The highest BCUT2D eigenvalue weighted by Gasteiger charge is 2.19. The number of nitrogens with one attached hydrogen (secondary N) is 1. The average Bonchev–Trinajstić information content (AvgIpc) is 3.16. The number of H-pyrrole nitrogens is 1. The van der Waals surface area contributed by atoms with Gasteiger partial charge in [0.1, 0.15) is 5.69 Å². The molecule has 3 rings (SSSR count). The first-order valence-electron chi connectivity index (χ1n) is 6.94. The zero-order chi connectivity index (χ0) is 15.5. The van der Waals surface area contributed by atoms with Crippen LogP contribution in [0, 0.1) is 6.92 Å². The molecule has 112 valence electrons. The Morgan fingerprint density at radius 2 is 2.05 bits per heavy atom. The maximum Gasteiger partial charge on any atom is 0.361 e. The van der Waals surface area contributed by atoms with E-state index >= 15 is 0 Å². The highest BCUT2D eigenvalue weighted by atomic mass is 32.1. The maximum atomic E-state index is 11.9. The van der Waals surface area contributed by atoms with E-state index in [0.29, 0.717) is 12.3 Å². The fourth-order valence-corrected chi connectivity index (χ4v) is 3.05. The number of ether oxygens (including phenoxy) is 1. The van der Waals surface area contributed by atoms with Gasteiger partial charge in [0.2, 0.25) is 0 Å². The van der Waals surface area contributed by atoms with Gasteiger partial charge in [-0.15, -0.1) is 16.4 Å². The molecule has 0 aliphatic rings. The number of aromatic nitrogens is 3. The molecule has 0 amide bonds. The number of hydrogen-bond donors (Lipinski definition) is 1. The number of thiophene rings is 1. The molecule has 5 nitrogen and oxygen atoms in total. The molecule has 3 aromatic rings. The van der Waals surface area contributed by atoms with Crippen molar-refractivity contribution in [1.82, 2.24) is 15.4 Å². The third-order valence-corrected chi connectivity index (χ3v) is 4.23. The van der Waals surface area contributed by atoms with E-state index in [0.717, 1.165) is 11.1 Å². The van der Waals surface area contributed by atoms with Crippen LogP contribution in [0.5, 0.6) is 0 Å². The SMILES string of the molecule is CCOC(=O)c1n[nH]nc1-c1cccc(-c2ccc(C)s2)c1. The van der Waals surface area contributed by atoms with Crippen LogP contribution in [-0.2, 0) is 4.74 Å². The van der Waals surface area contributed by atoms with Gasteiger partial charge in [0.25, 0.3) is 0 Å². The normalized spacial score (nSPS) is 10.6. The second-order valence-electron chi connectivity index (χ2n) is 4.73. The van der Waals surface area contributed by atoms with E-state index in [2.05, 4.69) is 34.5 Å². The van der Waals surface area contributed by atoms with Gasteiger partial charge in [0.05, 0.1) is 6.61 Å². The molecular weight excluding hydrogens is 298 g/mol. The van der Waals surface area contributed by atoms with E-state index < -0.39 is 5.97 Å². The minimum atomic E-state index is -0.469. The van der Waals surface area contributed by atoms with Crippen LogP contribution in [-0.4, -0.2) is 28.0 Å². The number of carbonyl (C=O) groups is 1. The van der Waals surface area contributed by atoms with Crippen LogP contribution in [0.15, 0.2) is 36.4 Å². The number of aromatic amines is 1. The molecule has 0 atom stereocenters. The number of aryl methyl sites for hydroxylation is 1. The van der Waals surface area contributed by atoms with Gasteiger partial charge in [-0.1, -0.05) is 18.2 Å². The molecule has 0 bridgehead atoms. The van der Waals surface area contributed by atoms with Gasteiger partial charge < -0.3 is 4.74 Å². The molecule has 0 unspecified atom stereocenters. The predicted octanol–water partition coefficient (Wildman–Crippen LogP) is 3.69. The van der Waals surface area contributed by atoms with Crippen LogP contribution < -0.4 is 0 Å². The Balaban J connectivity index is 2.00. The molecule has 2 heterocycles. The fourth-order valence-electron chi connectivity index (χ4n) is 2.18. The summed E-state index contributed by atoms with van der Waals surface area (Å²) < 4.78 is 5.01. The second-order valence-corrected chi connectivity index (χ2v) is 6.02. The minimum Gasteiger partial charge on any atom is -0.461 e. The topological polar surface area (TPSA) is 67.9 Å². The van der Waals surface area contributed by atoms with Gasteiger partial charge >= 0.3 is 5.97 Å². The van der Waals surface area contributed by atoms with Crippen molar-refractivity contribution in [3.63, 3.8) is 0 Å². The number of carbonyl (C=O) groups excluding carboxylic acids is 1. The molecule has 22 heavy (non-hydrogen) atoms. The largest absolute Gasteiger partial charge is 0.461 e. The van der Waals surface area contributed by atoms with E-state index in [9.17, 15) is 4.79 Å². The third-order valence-electron chi connectivity index (χ3n) is 3.18. The van der Waals surface area contributed by atoms with Crippen molar-refractivity contribution in [3.05, 3.63) is 47.0 Å². The Hall–Kier alpha value is -2.47. The number of nitrogens with zero attached hydrogens (tertiary/aromatic N) is 2. The summed E-state index contributed by atoms with van der Waals surface area (Å²) in [4.78, 5) is 14.4. The maximum absolute atomic E-state index is 11.9. The molecule has 0 saturated heterocycles.